The van der Waals surface area contributed by atoms with E-state index in [1.165, 1.54) is 18.3 Å². The second kappa shape index (κ2) is 3.22. The number of carboxylic acids is 1. The molecule has 84 valence electrons. The minimum Gasteiger partial charge on any atom is -0.478 e. The normalized spacial score (nSPS) is 11.9. The lowest BCUT2D eigenvalue weighted by atomic mass is 10.3. The van der Waals surface area contributed by atoms with Gasteiger partial charge in [-0.3, -0.25) is 0 Å². The van der Waals surface area contributed by atoms with Gasteiger partial charge in [-0.25, -0.2) is 9.78 Å². The largest absolute Gasteiger partial charge is 0.478 e. The van der Waals surface area contributed by atoms with E-state index < -0.39 is 17.8 Å². The van der Waals surface area contributed by atoms with Crippen molar-refractivity contribution in [2.24, 2.45) is 0 Å². The molecule has 0 aliphatic carbocycles. The van der Waals surface area contributed by atoms with Crippen molar-refractivity contribution in [1.29, 1.82) is 0 Å². The molecule has 2 aromatic rings. The lowest BCUT2D eigenvalue weighted by Gasteiger charge is -1.98. The molecular weight excluding hydrogens is 225 g/mol. The summed E-state index contributed by atoms with van der Waals surface area (Å²) in [6.07, 6.45) is -2.52. The molecule has 16 heavy (non-hydrogen) atoms. The van der Waals surface area contributed by atoms with Gasteiger partial charge in [-0.05, 0) is 12.1 Å². The quantitative estimate of drug-likeness (QED) is 0.815. The zero-order valence-corrected chi connectivity index (χ0v) is 7.69. The Kier molecular flexibility index (Phi) is 2.11. The topological polar surface area (TPSA) is 54.6 Å². The molecule has 0 atom stereocenters. The molecule has 0 spiro atoms. The summed E-state index contributed by atoms with van der Waals surface area (Å²) in [6.45, 7) is 0. The van der Waals surface area contributed by atoms with Crippen LogP contribution in [0.5, 0.6) is 0 Å². The van der Waals surface area contributed by atoms with Crippen LogP contribution in [-0.2, 0) is 6.18 Å². The Morgan fingerprint density at radius 3 is 2.69 bits per heavy atom. The summed E-state index contributed by atoms with van der Waals surface area (Å²) in [7, 11) is 0. The molecule has 0 fully saturated rings. The van der Waals surface area contributed by atoms with E-state index in [-0.39, 0.29) is 11.2 Å². The van der Waals surface area contributed by atoms with E-state index in [0.29, 0.717) is 0 Å². The van der Waals surface area contributed by atoms with Crippen molar-refractivity contribution in [2.75, 3.05) is 0 Å². The monoisotopic (exact) mass is 230 g/mol. The second-order valence-electron chi connectivity index (χ2n) is 3.08. The minimum absolute atomic E-state index is 0.220. The highest BCUT2D eigenvalue weighted by Crippen LogP contribution is 2.28. The van der Waals surface area contributed by atoms with E-state index in [1.54, 1.807) is 0 Å². The maximum Gasteiger partial charge on any atom is 0.434 e. The van der Waals surface area contributed by atoms with Gasteiger partial charge < -0.3 is 9.51 Å². The fourth-order valence-electron chi connectivity index (χ4n) is 1.32. The summed E-state index contributed by atoms with van der Waals surface area (Å²) in [5.74, 6) is -1.31. The molecule has 2 aromatic heterocycles. The Balaban J connectivity index is 2.71. The lowest BCUT2D eigenvalue weighted by molar-refractivity contribution is -0.140. The molecule has 0 saturated carbocycles. The molecule has 0 saturated heterocycles. The SMILES string of the molecule is O=C(O)c1cccn2cc(C(F)(F)F)nc12. The number of hydrogen-bond acceptors (Lipinski definition) is 2. The molecule has 0 amide bonds. The van der Waals surface area contributed by atoms with E-state index in [4.69, 9.17) is 5.11 Å². The highest BCUT2D eigenvalue weighted by molar-refractivity contribution is 5.94. The number of hydrogen-bond donors (Lipinski definition) is 1. The summed E-state index contributed by atoms with van der Waals surface area (Å²) in [5, 5.41) is 8.76. The molecule has 0 bridgehead atoms. The van der Waals surface area contributed by atoms with Crippen LogP contribution in [0.2, 0.25) is 0 Å². The molecule has 0 aliphatic heterocycles. The Bertz CT molecular complexity index is 559. The number of pyridine rings is 1. The summed E-state index contributed by atoms with van der Waals surface area (Å²) >= 11 is 0. The van der Waals surface area contributed by atoms with Crippen molar-refractivity contribution in [2.45, 2.75) is 6.18 Å². The first-order valence-corrected chi connectivity index (χ1v) is 4.18. The van der Waals surface area contributed by atoms with E-state index >= 15 is 0 Å². The molecule has 0 aromatic carbocycles. The number of rotatable bonds is 1. The summed E-state index contributed by atoms with van der Waals surface area (Å²) in [6, 6.07) is 2.54. The van der Waals surface area contributed by atoms with Gasteiger partial charge in [-0.1, -0.05) is 0 Å². The third kappa shape index (κ3) is 1.60. The van der Waals surface area contributed by atoms with Gasteiger partial charge in [0.1, 0.15) is 5.56 Å². The van der Waals surface area contributed by atoms with Crippen molar-refractivity contribution in [3.8, 4) is 0 Å². The number of aromatic carboxylic acids is 1. The molecule has 7 heteroatoms. The third-order valence-corrected chi connectivity index (χ3v) is 2.00. The van der Waals surface area contributed by atoms with Gasteiger partial charge in [0, 0.05) is 12.4 Å². The van der Waals surface area contributed by atoms with Gasteiger partial charge in [0.15, 0.2) is 11.3 Å². The van der Waals surface area contributed by atoms with Gasteiger partial charge in [-0.2, -0.15) is 13.2 Å². The Morgan fingerprint density at radius 1 is 1.44 bits per heavy atom. The van der Waals surface area contributed by atoms with Crippen LogP contribution in [-0.4, -0.2) is 20.5 Å². The van der Waals surface area contributed by atoms with Crippen LogP contribution < -0.4 is 0 Å². The average molecular weight is 230 g/mol. The average Bonchev–Trinajstić information content (AvgIpc) is 2.59. The molecule has 0 unspecified atom stereocenters. The first kappa shape index (κ1) is 10.5. The van der Waals surface area contributed by atoms with Gasteiger partial charge in [0.2, 0.25) is 0 Å². The fourth-order valence-corrected chi connectivity index (χ4v) is 1.32. The predicted molar refractivity (Wildman–Crippen MR) is 47.2 cm³/mol. The van der Waals surface area contributed by atoms with Crippen LogP contribution in [0, 0.1) is 0 Å². The summed E-state index contributed by atoms with van der Waals surface area (Å²) in [4.78, 5) is 14.0. The zero-order valence-electron chi connectivity index (χ0n) is 7.69. The first-order valence-electron chi connectivity index (χ1n) is 4.18. The van der Waals surface area contributed by atoms with Crippen molar-refractivity contribution in [1.82, 2.24) is 9.38 Å². The highest BCUT2D eigenvalue weighted by Gasteiger charge is 2.34. The number of halogens is 3. The smallest absolute Gasteiger partial charge is 0.434 e. The minimum atomic E-state index is -4.58. The fraction of sp³-hybridized carbons (Fsp3) is 0.111. The van der Waals surface area contributed by atoms with Crippen molar-refractivity contribution >= 4 is 11.6 Å². The van der Waals surface area contributed by atoms with Crippen LogP contribution in [0.1, 0.15) is 16.1 Å². The molecule has 1 N–H and O–H groups in total. The summed E-state index contributed by atoms with van der Waals surface area (Å²) < 4.78 is 38.0. The number of aromatic nitrogens is 2. The van der Waals surface area contributed by atoms with Crippen molar-refractivity contribution < 1.29 is 23.1 Å². The molecule has 2 heterocycles. The van der Waals surface area contributed by atoms with Gasteiger partial charge >= 0.3 is 12.1 Å². The zero-order chi connectivity index (χ0) is 11.9. The molecular formula is C9H5F3N2O2. The summed E-state index contributed by atoms with van der Waals surface area (Å²) in [5.41, 5.74) is -1.60. The standard InChI is InChI=1S/C9H5F3N2O2/c10-9(11,12)6-4-14-3-1-2-5(8(15)16)7(14)13-6/h1-4H,(H,15,16). The van der Waals surface area contributed by atoms with Gasteiger partial charge in [0.25, 0.3) is 0 Å². The van der Waals surface area contributed by atoms with Crippen molar-refractivity contribution in [3.63, 3.8) is 0 Å². The Hall–Kier alpha value is -2.05. The van der Waals surface area contributed by atoms with Crippen LogP contribution in [0.3, 0.4) is 0 Å². The van der Waals surface area contributed by atoms with Crippen LogP contribution in [0.15, 0.2) is 24.5 Å². The van der Waals surface area contributed by atoms with Crippen LogP contribution >= 0.6 is 0 Å². The first-order chi connectivity index (χ1) is 7.39. The van der Waals surface area contributed by atoms with Crippen molar-refractivity contribution in [3.05, 3.63) is 35.8 Å². The number of carboxylic acid groups (broad SMARTS) is 1. The number of fused-ring (bicyclic) bond motifs is 1. The lowest BCUT2D eigenvalue weighted by Crippen LogP contribution is -2.05. The molecule has 4 nitrogen and oxygen atoms in total. The number of carbonyl (C=O) groups is 1. The highest BCUT2D eigenvalue weighted by atomic mass is 19.4. The van der Waals surface area contributed by atoms with E-state index in [1.807, 2.05) is 0 Å². The van der Waals surface area contributed by atoms with E-state index in [9.17, 15) is 18.0 Å². The molecule has 0 aliphatic rings. The van der Waals surface area contributed by atoms with Crippen LogP contribution in [0.4, 0.5) is 13.2 Å². The Labute approximate surface area is 87.0 Å². The van der Waals surface area contributed by atoms with E-state index in [0.717, 1.165) is 10.6 Å². The second-order valence-corrected chi connectivity index (χ2v) is 3.08. The third-order valence-electron chi connectivity index (χ3n) is 2.00. The maximum atomic E-state index is 12.3. The van der Waals surface area contributed by atoms with E-state index in [2.05, 4.69) is 4.98 Å². The van der Waals surface area contributed by atoms with Gasteiger partial charge in [0.05, 0.1) is 0 Å². The Morgan fingerprint density at radius 2 is 2.12 bits per heavy atom. The van der Waals surface area contributed by atoms with Gasteiger partial charge in [-0.15, -0.1) is 0 Å². The number of nitrogens with zero attached hydrogens (tertiary/aromatic N) is 2. The predicted octanol–water partition coefficient (Wildman–Crippen LogP) is 2.05. The number of alkyl halides is 3. The van der Waals surface area contributed by atoms with Crippen LogP contribution in [0.25, 0.3) is 5.65 Å². The number of imidazole rings is 1. The molecule has 0 radical (unpaired) electrons. The molecule has 2 rings (SSSR count). The maximum absolute atomic E-state index is 12.3.